The minimum absolute atomic E-state index is 0.0319. The van der Waals surface area contributed by atoms with Crippen LogP contribution in [0.25, 0.3) is 5.69 Å². The lowest BCUT2D eigenvalue weighted by Crippen LogP contribution is -2.22. The molecule has 0 saturated carbocycles. The van der Waals surface area contributed by atoms with Crippen molar-refractivity contribution in [3.63, 3.8) is 0 Å². The molecule has 6 nitrogen and oxygen atoms in total. The van der Waals surface area contributed by atoms with Crippen molar-refractivity contribution < 1.29 is 27.9 Å². The number of halogens is 3. The summed E-state index contributed by atoms with van der Waals surface area (Å²) in [5.74, 6) is -2.08. The van der Waals surface area contributed by atoms with Crippen molar-refractivity contribution in [1.82, 2.24) is 9.99 Å². The highest BCUT2D eigenvalue weighted by Gasteiger charge is 2.30. The predicted molar refractivity (Wildman–Crippen MR) is 96.6 cm³/mol. The van der Waals surface area contributed by atoms with Crippen LogP contribution in [0.3, 0.4) is 0 Å². The quantitative estimate of drug-likeness (QED) is 0.528. The molecule has 9 heteroatoms. The largest absolute Gasteiger partial charge is 0.545 e. The number of aromatic nitrogens is 1. The Kier molecular flexibility index (Phi) is 5.49. The smallest absolute Gasteiger partial charge is 0.416 e. The maximum atomic E-state index is 12.7. The number of hydrogen-bond acceptors (Lipinski definition) is 4. The van der Waals surface area contributed by atoms with Gasteiger partial charge >= 0.3 is 6.18 Å². The van der Waals surface area contributed by atoms with Crippen LogP contribution in [0.15, 0.2) is 72.0 Å². The summed E-state index contributed by atoms with van der Waals surface area (Å²) >= 11 is 0. The van der Waals surface area contributed by atoms with Crippen molar-refractivity contribution in [1.29, 1.82) is 0 Å². The number of hydrogen-bond donors (Lipinski definition) is 1. The lowest BCUT2D eigenvalue weighted by Gasteiger charge is -2.09. The fourth-order valence-electron chi connectivity index (χ4n) is 2.55. The van der Waals surface area contributed by atoms with Gasteiger partial charge in [0.1, 0.15) is 0 Å². The van der Waals surface area contributed by atoms with Crippen molar-refractivity contribution in [2.75, 3.05) is 0 Å². The van der Waals surface area contributed by atoms with Crippen molar-refractivity contribution in [2.24, 2.45) is 5.10 Å². The first-order valence-electron chi connectivity index (χ1n) is 8.25. The van der Waals surface area contributed by atoms with Gasteiger partial charge in [-0.2, -0.15) is 18.3 Å². The summed E-state index contributed by atoms with van der Waals surface area (Å²) in [6, 6.07) is 13.3. The van der Waals surface area contributed by atoms with E-state index in [2.05, 4.69) is 10.5 Å². The molecule has 0 atom stereocenters. The SMILES string of the molecule is O=C([O-])c1ccc(-n2cccc2/C=N\NC(=O)c2cccc(C(F)(F)F)c2)cc1. The van der Waals surface area contributed by atoms with Crippen LogP contribution >= 0.6 is 0 Å². The topological polar surface area (TPSA) is 86.5 Å². The van der Waals surface area contributed by atoms with Crippen LogP contribution in [0, 0.1) is 0 Å². The average molecular weight is 400 g/mol. The number of nitrogens with one attached hydrogen (secondary N) is 1. The van der Waals surface area contributed by atoms with Crippen LogP contribution in [0.2, 0.25) is 0 Å². The molecule has 0 aliphatic heterocycles. The highest BCUT2D eigenvalue weighted by atomic mass is 19.4. The molecule has 29 heavy (non-hydrogen) atoms. The zero-order valence-corrected chi connectivity index (χ0v) is 14.7. The van der Waals surface area contributed by atoms with E-state index in [0.29, 0.717) is 11.4 Å². The molecule has 1 heterocycles. The highest BCUT2D eigenvalue weighted by molar-refractivity contribution is 5.95. The van der Waals surface area contributed by atoms with Crippen LogP contribution in [0.5, 0.6) is 0 Å². The molecule has 0 bridgehead atoms. The number of carbonyl (C=O) groups excluding carboxylic acids is 2. The molecule has 0 fully saturated rings. The summed E-state index contributed by atoms with van der Waals surface area (Å²) in [5, 5.41) is 14.6. The lowest BCUT2D eigenvalue weighted by atomic mass is 10.1. The minimum atomic E-state index is -4.55. The van der Waals surface area contributed by atoms with Gasteiger partial charge in [-0.3, -0.25) is 4.79 Å². The van der Waals surface area contributed by atoms with E-state index in [4.69, 9.17) is 0 Å². The number of carboxylic acid groups (broad SMARTS) is 1. The Balaban J connectivity index is 1.73. The molecule has 148 valence electrons. The highest BCUT2D eigenvalue weighted by Crippen LogP contribution is 2.29. The molecule has 0 radical (unpaired) electrons. The Morgan fingerprint density at radius 2 is 1.72 bits per heavy atom. The maximum Gasteiger partial charge on any atom is 0.416 e. The number of alkyl halides is 3. The van der Waals surface area contributed by atoms with Gasteiger partial charge in [0.05, 0.1) is 23.4 Å². The molecule has 0 spiro atoms. The Bertz CT molecular complexity index is 1070. The lowest BCUT2D eigenvalue weighted by molar-refractivity contribution is -0.255. The molecule has 0 saturated heterocycles. The molecule has 1 aromatic heterocycles. The fraction of sp³-hybridized carbons (Fsp3) is 0.0500. The Hall–Kier alpha value is -3.88. The van der Waals surface area contributed by atoms with Crippen LogP contribution in [0.4, 0.5) is 13.2 Å². The summed E-state index contributed by atoms with van der Waals surface area (Å²) < 4.78 is 39.9. The van der Waals surface area contributed by atoms with Crippen LogP contribution in [-0.4, -0.2) is 22.7 Å². The first-order valence-corrected chi connectivity index (χ1v) is 8.25. The second-order valence-electron chi connectivity index (χ2n) is 5.92. The van der Waals surface area contributed by atoms with Crippen molar-refractivity contribution in [3.05, 3.63) is 89.2 Å². The molecule has 2 aromatic carbocycles. The zero-order valence-electron chi connectivity index (χ0n) is 14.7. The van der Waals surface area contributed by atoms with E-state index in [9.17, 15) is 27.9 Å². The molecule has 0 aliphatic rings. The summed E-state index contributed by atoms with van der Waals surface area (Å²) in [6.07, 6.45) is -1.53. The van der Waals surface area contributed by atoms with Gasteiger partial charge in [-0.1, -0.05) is 18.2 Å². The van der Waals surface area contributed by atoms with Gasteiger partial charge < -0.3 is 14.5 Å². The van der Waals surface area contributed by atoms with E-state index in [1.807, 2.05) is 0 Å². The first-order chi connectivity index (χ1) is 13.8. The molecular weight excluding hydrogens is 387 g/mol. The van der Waals surface area contributed by atoms with Crippen LogP contribution in [-0.2, 0) is 6.18 Å². The van der Waals surface area contributed by atoms with Gasteiger partial charge in [0.25, 0.3) is 5.91 Å². The van der Waals surface area contributed by atoms with Crippen LogP contribution in [0.1, 0.15) is 32.0 Å². The molecular formula is C20H13F3N3O3-. The molecule has 0 aliphatic carbocycles. The molecule has 1 amide bonds. The summed E-state index contributed by atoms with van der Waals surface area (Å²) in [5.41, 5.74) is 2.31. The normalized spacial score (nSPS) is 11.6. The van der Waals surface area contributed by atoms with Gasteiger partial charge in [-0.05, 0) is 48.0 Å². The van der Waals surface area contributed by atoms with E-state index in [1.54, 1.807) is 35.0 Å². The average Bonchev–Trinajstić information content (AvgIpc) is 3.16. The number of nitrogens with zero attached hydrogens (tertiary/aromatic N) is 2. The number of hydrazone groups is 1. The summed E-state index contributed by atoms with van der Waals surface area (Å²) in [4.78, 5) is 22.9. The van der Waals surface area contributed by atoms with E-state index < -0.39 is 23.6 Å². The molecule has 3 rings (SSSR count). The second-order valence-corrected chi connectivity index (χ2v) is 5.92. The second kappa shape index (κ2) is 8.01. The van der Waals surface area contributed by atoms with Gasteiger partial charge in [-0.25, -0.2) is 5.43 Å². The first kappa shape index (κ1) is 19.9. The number of rotatable bonds is 5. The minimum Gasteiger partial charge on any atom is -0.545 e. The van der Waals surface area contributed by atoms with E-state index in [0.717, 1.165) is 18.2 Å². The maximum absolute atomic E-state index is 12.7. The Morgan fingerprint density at radius 3 is 2.38 bits per heavy atom. The number of amides is 1. The third kappa shape index (κ3) is 4.70. The van der Waals surface area contributed by atoms with Gasteiger partial charge in [0, 0.05) is 17.4 Å². The number of aromatic carboxylic acids is 1. The third-order valence-corrected chi connectivity index (χ3v) is 3.98. The molecule has 1 N–H and O–H groups in total. The van der Waals surface area contributed by atoms with Gasteiger partial charge in [-0.15, -0.1) is 0 Å². The van der Waals surface area contributed by atoms with Gasteiger partial charge in [0.2, 0.25) is 0 Å². The number of carboxylic acids is 1. The van der Waals surface area contributed by atoms with Crippen LogP contribution < -0.4 is 10.5 Å². The Morgan fingerprint density at radius 1 is 1.00 bits per heavy atom. The predicted octanol–water partition coefficient (Wildman–Crippen LogP) is 2.62. The van der Waals surface area contributed by atoms with Crippen molar-refractivity contribution in [2.45, 2.75) is 6.18 Å². The molecule has 0 unspecified atom stereocenters. The number of benzene rings is 2. The zero-order chi connectivity index (χ0) is 21.0. The standard InChI is InChI=1S/C20H14F3N3O3/c21-20(22,23)15-4-1-3-14(11-15)18(27)25-24-12-17-5-2-10-26(17)16-8-6-13(7-9-16)19(28)29/h1-12H,(H,25,27)(H,28,29)/p-1/b24-12-. The fourth-order valence-corrected chi connectivity index (χ4v) is 2.55. The van der Waals surface area contributed by atoms with E-state index in [1.165, 1.54) is 24.4 Å². The third-order valence-electron chi connectivity index (χ3n) is 3.98. The van der Waals surface area contributed by atoms with E-state index in [-0.39, 0.29) is 11.1 Å². The summed E-state index contributed by atoms with van der Waals surface area (Å²) in [6.45, 7) is 0. The van der Waals surface area contributed by atoms with Crippen molar-refractivity contribution >= 4 is 18.1 Å². The monoisotopic (exact) mass is 400 g/mol. The number of carbonyl (C=O) groups is 2. The Labute approximate surface area is 162 Å². The summed E-state index contributed by atoms with van der Waals surface area (Å²) in [7, 11) is 0. The van der Waals surface area contributed by atoms with Crippen molar-refractivity contribution in [3.8, 4) is 5.69 Å². The van der Waals surface area contributed by atoms with E-state index >= 15 is 0 Å². The molecule has 3 aromatic rings. The van der Waals surface area contributed by atoms with Gasteiger partial charge in [0.15, 0.2) is 0 Å².